The van der Waals surface area contributed by atoms with E-state index in [-0.39, 0.29) is 0 Å². The number of carboxylic acids is 1. The van der Waals surface area contributed by atoms with Crippen LogP contribution in [0.3, 0.4) is 0 Å². The highest BCUT2D eigenvalue weighted by Gasteiger charge is 2.31. The van der Waals surface area contributed by atoms with Gasteiger partial charge in [-0.1, -0.05) is 20.3 Å². The van der Waals surface area contributed by atoms with Gasteiger partial charge in [0.2, 0.25) is 0 Å². The molecule has 1 aliphatic rings. The summed E-state index contributed by atoms with van der Waals surface area (Å²) in [6.07, 6.45) is 8.25. The van der Waals surface area contributed by atoms with Crippen molar-refractivity contribution in [1.82, 2.24) is 10.2 Å². The Balaban J connectivity index is 2.32. The number of hydrogen-bond acceptors (Lipinski definition) is 3. The number of rotatable bonds is 9. The number of nitrogens with one attached hydrogen (secondary N) is 1. The van der Waals surface area contributed by atoms with Gasteiger partial charge in [0.15, 0.2) is 0 Å². The van der Waals surface area contributed by atoms with Crippen molar-refractivity contribution in [3.63, 3.8) is 0 Å². The molecule has 1 rings (SSSR count). The van der Waals surface area contributed by atoms with Gasteiger partial charge in [-0.3, -0.25) is 4.79 Å². The van der Waals surface area contributed by atoms with E-state index >= 15 is 0 Å². The maximum atomic E-state index is 11.4. The van der Waals surface area contributed by atoms with Gasteiger partial charge in [0.25, 0.3) is 0 Å². The van der Waals surface area contributed by atoms with Gasteiger partial charge in [-0.25, -0.2) is 0 Å². The molecule has 21 heavy (non-hydrogen) atoms. The van der Waals surface area contributed by atoms with Crippen LogP contribution >= 0.6 is 0 Å². The third kappa shape index (κ3) is 5.59. The fourth-order valence-corrected chi connectivity index (χ4v) is 3.52. The van der Waals surface area contributed by atoms with Crippen molar-refractivity contribution in [3.05, 3.63) is 0 Å². The fourth-order valence-electron chi connectivity index (χ4n) is 3.52. The molecule has 0 aromatic rings. The van der Waals surface area contributed by atoms with Gasteiger partial charge in [-0.15, -0.1) is 0 Å². The first-order chi connectivity index (χ1) is 9.92. The Morgan fingerprint density at radius 1 is 1.29 bits per heavy atom. The molecular weight excluding hydrogens is 264 g/mol. The van der Waals surface area contributed by atoms with Crippen molar-refractivity contribution >= 4 is 5.97 Å². The molecule has 1 saturated carbocycles. The van der Waals surface area contributed by atoms with Crippen molar-refractivity contribution in [1.29, 1.82) is 0 Å². The van der Waals surface area contributed by atoms with Gasteiger partial charge in [-0.05, 0) is 71.5 Å². The van der Waals surface area contributed by atoms with E-state index in [2.05, 4.69) is 24.2 Å². The van der Waals surface area contributed by atoms with Crippen molar-refractivity contribution in [2.45, 2.75) is 77.3 Å². The van der Waals surface area contributed by atoms with E-state index in [1.54, 1.807) is 6.92 Å². The van der Waals surface area contributed by atoms with E-state index < -0.39 is 11.5 Å². The minimum atomic E-state index is -0.782. The van der Waals surface area contributed by atoms with Gasteiger partial charge in [0.05, 0.1) is 0 Å². The van der Waals surface area contributed by atoms with E-state index in [0.29, 0.717) is 19.0 Å². The summed E-state index contributed by atoms with van der Waals surface area (Å²) in [5, 5.41) is 12.5. The van der Waals surface area contributed by atoms with Crippen LogP contribution in [0.5, 0.6) is 0 Å². The van der Waals surface area contributed by atoms with Crippen LogP contribution in [0.2, 0.25) is 0 Å². The predicted octanol–water partition coefficient (Wildman–Crippen LogP) is 3.12. The number of hydrogen-bond donors (Lipinski definition) is 2. The molecule has 0 aromatic heterocycles. The predicted molar refractivity (Wildman–Crippen MR) is 87.6 cm³/mol. The summed E-state index contributed by atoms with van der Waals surface area (Å²) in [6, 6.07) is 0.697. The zero-order valence-corrected chi connectivity index (χ0v) is 14.3. The van der Waals surface area contributed by atoms with Gasteiger partial charge in [-0.2, -0.15) is 0 Å². The Morgan fingerprint density at radius 3 is 2.38 bits per heavy atom. The number of likely N-dealkylation sites (N-methyl/N-ethyl adjacent to an activating group) is 1. The van der Waals surface area contributed by atoms with Gasteiger partial charge < -0.3 is 15.3 Å². The summed E-state index contributed by atoms with van der Waals surface area (Å²) in [7, 11) is 2.20. The maximum Gasteiger partial charge on any atom is 0.323 e. The highest BCUT2D eigenvalue weighted by atomic mass is 16.4. The summed E-state index contributed by atoms with van der Waals surface area (Å²) < 4.78 is 0. The first-order valence-corrected chi connectivity index (χ1v) is 8.61. The van der Waals surface area contributed by atoms with Crippen molar-refractivity contribution in [2.24, 2.45) is 5.92 Å². The van der Waals surface area contributed by atoms with E-state index in [9.17, 15) is 9.90 Å². The van der Waals surface area contributed by atoms with Crippen LogP contribution in [0.15, 0.2) is 0 Å². The number of aliphatic carboxylic acids is 1. The van der Waals surface area contributed by atoms with Crippen LogP contribution in [0.1, 0.15) is 65.7 Å². The first kappa shape index (κ1) is 18.4. The Labute approximate surface area is 130 Å². The summed E-state index contributed by atoms with van der Waals surface area (Å²) in [6.45, 7) is 7.74. The highest BCUT2D eigenvalue weighted by Crippen LogP contribution is 2.29. The summed E-state index contributed by atoms with van der Waals surface area (Å²) >= 11 is 0. The minimum Gasteiger partial charge on any atom is -0.480 e. The monoisotopic (exact) mass is 298 g/mol. The average molecular weight is 298 g/mol. The van der Waals surface area contributed by atoms with Crippen LogP contribution in [-0.4, -0.2) is 47.7 Å². The van der Waals surface area contributed by atoms with Crippen molar-refractivity contribution < 1.29 is 9.90 Å². The van der Waals surface area contributed by atoms with Gasteiger partial charge in [0.1, 0.15) is 5.54 Å². The van der Waals surface area contributed by atoms with Gasteiger partial charge >= 0.3 is 5.97 Å². The molecule has 0 aliphatic heterocycles. The molecule has 4 nitrogen and oxygen atoms in total. The molecular formula is C17H34N2O2. The molecule has 0 radical (unpaired) electrons. The Hall–Kier alpha value is -0.610. The Bertz CT molecular complexity index is 314. The molecule has 0 spiro atoms. The van der Waals surface area contributed by atoms with Crippen LogP contribution in [0.4, 0.5) is 0 Å². The quantitative estimate of drug-likeness (QED) is 0.687. The number of nitrogens with zero attached hydrogens (tertiary/aromatic N) is 1. The molecule has 2 N–H and O–H groups in total. The topological polar surface area (TPSA) is 52.6 Å². The third-order valence-corrected chi connectivity index (χ3v) is 5.24. The first-order valence-electron chi connectivity index (χ1n) is 8.61. The zero-order chi connectivity index (χ0) is 15.9. The standard InChI is InChI=1S/C17H34N2O2/c1-5-14-8-10-15(11-9-14)19(4)13-7-12-17(3,16(20)21)18-6-2/h14-15,18H,5-13H2,1-4H3,(H,20,21). The van der Waals surface area contributed by atoms with Crippen molar-refractivity contribution in [2.75, 3.05) is 20.1 Å². The van der Waals surface area contributed by atoms with Crippen LogP contribution < -0.4 is 5.32 Å². The molecule has 4 heteroatoms. The largest absolute Gasteiger partial charge is 0.480 e. The average Bonchev–Trinajstić information content (AvgIpc) is 2.47. The van der Waals surface area contributed by atoms with E-state index in [1.807, 2.05) is 6.92 Å². The summed E-state index contributed by atoms with van der Waals surface area (Å²) in [4.78, 5) is 13.8. The number of carboxylic acid groups (broad SMARTS) is 1. The minimum absolute atomic E-state index is 0.685. The lowest BCUT2D eigenvalue weighted by Gasteiger charge is -2.35. The SMILES string of the molecule is CCNC(C)(CCCN(C)C1CCC(CC)CC1)C(=O)O. The molecule has 1 fully saturated rings. The molecule has 1 aliphatic carbocycles. The zero-order valence-electron chi connectivity index (χ0n) is 14.3. The van der Waals surface area contributed by atoms with Crippen LogP contribution in [0, 0.1) is 5.92 Å². The van der Waals surface area contributed by atoms with E-state index in [1.165, 1.54) is 32.1 Å². The smallest absolute Gasteiger partial charge is 0.323 e. The molecule has 1 unspecified atom stereocenters. The molecule has 0 amide bonds. The lowest BCUT2D eigenvalue weighted by Crippen LogP contribution is -2.49. The Kier molecular flexibility index (Phi) is 7.67. The molecule has 0 aromatic carbocycles. The van der Waals surface area contributed by atoms with E-state index in [4.69, 9.17) is 0 Å². The van der Waals surface area contributed by atoms with Crippen LogP contribution in [0.25, 0.3) is 0 Å². The lowest BCUT2D eigenvalue weighted by atomic mass is 9.84. The molecule has 0 heterocycles. The van der Waals surface area contributed by atoms with E-state index in [0.717, 1.165) is 18.9 Å². The summed E-state index contributed by atoms with van der Waals surface area (Å²) in [5.41, 5.74) is -0.782. The van der Waals surface area contributed by atoms with Crippen LogP contribution in [-0.2, 0) is 4.79 Å². The number of carbonyl (C=O) groups is 1. The van der Waals surface area contributed by atoms with Gasteiger partial charge in [0, 0.05) is 6.04 Å². The fraction of sp³-hybridized carbons (Fsp3) is 0.941. The second-order valence-corrected chi connectivity index (χ2v) is 6.83. The lowest BCUT2D eigenvalue weighted by molar-refractivity contribution is -0.144. The Morgan fingerprint density at radius 2 is 1.90 bits per heavy atom. The highest BCUT2D eigenvalue weighted by molar-refractivity contribution is 5.78. The molecule has 0 bridgehead atoms. The molecule has 0 saturated heterocycles. The normalized spacial score (nSPS) is 25.8. The molecule has 1 atom stereocenters. The third-order valence-electron chi connectivity index (χ3n) is 5.24. The van der Waals surface area contributed by atoms with Crippen molar-refractivity contribution in [3.8, 4) is 0 Å². The second kappa shape index (κ2) is 8.74. The second-order valence-electron chi connectivity index (χ2n) is 6.83. The molecule has 124 valence electrons. The maximum absolute atomic E-state index is 11.4. The summed E-state index contributed by atoms with van der Waals surface area (Å²) in [5.74, 6) is 0.189.